The zero-order valence-corrected chi connectivity index (χ0v) is 33.9. The van der Waals surface area contributed by atoms with Crippen LogP contribution in [0.3, 0.4) is 0 Å². The SMILES string of the molecule is COc1ccc(-n2nc(C(C)CC(=O)N(C)O)cc2-c2ccc(Cl)cc2)cc1.COc1ccc(-n2nc(C(C)CC(=O)N(C)O)cc2-c2ccc(Cl)cc2)cc1.O. The van der Waals surface area contributed by atoms with E-state index in [-0.39, 0.29) is 42.0 Å². The first kappa shape index (κ1) is 44.0. The van der Waals surface area contributed by atoms with Crippen LogP contribution in [0.25, 0.3) is 33.9 Å². The molecule has 0 aliphatic carbocycles. The van der Waals surface area contributed by atoms with Crippen LogP contribution in [0.1, 0.15) is 49.9 Å². The lowest BCUT2D eigenvalue weighted by Crippen LogP contribution is -2.23. The molecule has 4 N–H and O–H groups in total. The molecule has 13 nitrogen and oxygen atoms in total. The molecule has 0 fully saturated rings. The minimum atomic E-state index is -0.362. The zero-order chi connectivity index (χ0) is 40.5. The lowest BCUT2D eigenvalue weighted by Gasteiger charge is -2.12. The van der Waals surface area contributed by atoms with Gasteiger partial charge in [-0.25, -0.2) is 19.5 Å². The van der Waals surface area contributed by atoms with Crippen LogP contribution in [0.5, 0.6) is 11.5 Å². The molecule has 4 aromatic carbocycles. The molecule has 0 aliphatic rings. The number of amides is 2. The Labute approximate surface area is 341 Å². The van der Waals surface area contributed by atoms with Gasteiger partial charge in [0.1, 0.15) is 11.5 Å². The summed E-state index contributed by atoms with van der Waals surface area (Å²) >= 11 is 12.1. The van der Waals surface area contributed by atoms with Gasteiger partial charge in [0.25, 0.3) is 0 Å². The van der Waals surface area contributed by atoms with Gasteiger partial charge in [-0.1, -0.05) is 61.3 Å². The molecule has 2 amide bonds. The summed E-state index contributed by atoms with van der Waals surface area (Å²) in [5.74, 6) is 0.475. The first-order chi connectivity index (χ1) is 26.8. The van der Waals surface area contributed by atoms with Gasteiger partial charge in [0, 0.05) is 59.9 Å². The number of hydrogen-bond donors (Lipinski definition) is 2. The smallest absolute Gasteiger partial charge is 0.246 e. The second-order valence-corrected chi connectivity index (χ2v) is 14.1. The highest BCUT2D eigenvalue weighted by molar-refractivity contribution is 6.30. The second kappa shape index (κ2) is 19.9. The van der Waals surface area contributed by atoms with Crippen molar-refractivity contribution < 1.29 is 35.0 Å². The van der Waals surface area contributed by atoms with E-state index in [4.69, 9.17) is 42.9 Å². The number of methoxy groups -OCH3 is 2. The fraction of sp³-hybridized carbons (Fsp3) is 0.238. The summed E-state index contributed by atoms with van der Waals surface area (Å²) in [6.07, 6.45) is 0.319. The molecule has 2 atom stereocenters. The molecule has 2 unspecified atom stereocenters. The Bertz CT molecular complexity index is 2060. The number of carbonyl (C=O) groups excluding carboxylic acids is 2. The standard InChI is InChI=1S/2C21H22ClN3O3.H2O/c2*1-14(12-21(26)24(2)27)19-13-20(15-4-6-16(22)7-5-15)25(23-19)17-8-10-18(28-3)11-9-17;/h2*4-11,13-14,27H,12H2,1-3H3;1H2. The van der Waals surface area contributed by atoms with Crippen molar-refractivity contribution >= 4 is 35.0 Å². The first-order valence-corrected chi connectivity index (χ1v) is 18.4. The van der Waals surface area contributed by atoms with E-state index in [1.54, 1.807) is 14.2 Å². The van der Waals surface area contributed by atoms with Crippen LogP contribution in [0.2, 0.25) is 10.0 Å². The minimum Gasteiger partial charge on any atom is -0.497 e. The van der Waals surface area contributed by atoms with E-state index in [9.17, 15) is 20.0 Å². The molecule has 0 aliphatic heterocycles. The molecule has 0 bridgehead atoms. The van der Waals surface area contributed by atoms with Crippen LogP contribution in [-0.2, 0) is 9.59 Å². The summed E-state index contributed by atoms with van der Waals surface area (Å²) in [7, 11) is 5.89. The number of rotatable bonds is 12. The summed E-state index contributed by atoms with van der Waals surface area (Å²) in [4.78, 5) is 23.8. The molecule has 6 aromatic rings. The predicted molar refractivity (Wildman–Crippen MR) is 220 cm³/mol. The number of halogens is 2. The van der Waals surface area contributed by atoms with E-state index in [1.807, 2.05) is 132 Å². The number of hydrogen-bond acceptors (Lipinski definition) is 8. The van der Waals surface area contributed by atoms with E-state index in [0.29, 0.717) is 20.2 Å². The highest BCUT2D eigenvalue weighted by Crippen LogP contribution is 2.32. The summed E-state index contributed by atoms with van der Waals surface area (Å²) < 4.78 is 14.1. The largest absolute Gasteiger partial charge is 0.497 e. The Morgan fingerprint density at radius 3 is 1.21 bits per heavy atom. The van der Waals surface area contributed by atoms with Gasteiger partial charge in [0.2, 0.25) is 11.8 Å². The van der Waals surface area contributed by atoms with Gasteiger partial charge in [-0.2, -0.15) is 10.2 Å². The van der Waals surface area contributed by atoms with Gasteiger partial charge in [0.05, 0.1) is 48.4 Å². The van der Waals surface area contributed by atoms with Gasteiger partial charge in [-0.3, -0.25) is 20.0 Å². The van der Waals surface area contributed by atoms with Gasteiger partial charge in [-0.15, -0.1) is 0 Å². The van der Waals surface area contributed by atoms with Gasteiger partial charge >= 0.3 is 0 Å². The quantitative estimate of drug-likeness (QED) is 0.0920. The molecule has 0 radical (unpaired) electrons. The lowest BCUT2D eigenvalue weighted by molar-refractivity contribution is -0.160. The second-order valence-electron chi connectivity index (χ2n) is 13.2. The third-order valence-corrected chi connectivity index (χ3v) is 9.57. The van der Waals surface area contributed by atoms with Crippen molar-refractivity contribution in [2.45, 2.75) is 38.5 Å². The van der Waals surface area contributed by atoms with E-state index in [0.717, 1.165) is 56.8 Å². The number of ether oxygens (including phenoxy) is 2. The summed E-state index contributed by atoms with van der Waals surface area (Å²) in [6.45, 7) is 3.82. The van der Waals surface area contributed by atoms with E-state index < -0.39 is 0 Å². The van der Waals surface area contributed by atoms with Gasteiger partial charge < -0.3 is 14.9 Å². The van der Waals surface area contributed by atoms with Gasteiger partial charge in [-0.05, 0) is 84.9 Å². The molecule has 57 heavy (non-hydrogen) atoms. The molecular formula is C42H46Cl2N6O7. The maximum absolute atomic E-state index is 11.9. The van der Waals surface area contributed by atoms with Crippen molar-refractivity contribution in [2.75, 3.05) is 28.3 Å². The fourth-order valence-corrected chi connectivity index (χ4v) is 6.02. The number of nitrogens with zero attached hydrogens (tertiary/aromatic N) is 6. The molecule has 0 spiro atoms. The van der Waals surface area contributed by atoms with Crippen molar-refractivity contribution in [1.82, 2.24) is 29.7 Å². The molecular weight excluding hydrogens is 771 g/mol. The van der Waals surface area contributed by atoms with E-state index in [2.05, 4.69) is 0 Å². The van der Waals surface area contributed by atoms with Crippen LogP contribution < -0.4 is 9.47 Å². The number of benzene rings is 4. The third-order valence-electron chi connectivity index (χ3n) is 9.06. The Morgan fingerprint density at radius 1 is 0.614 bits per heavy atom. The van der Waals surface area contributed by atoms with Crippen LogP contribution in [0.4, 0.5) is 0 Å². The lowest BCUT2D eigenvalue weighted by atomic mass is 10.0. The highest BCUT2D eigenvalue weighted by atomic mass is 35.5. The monoisotopic (exact) mass is 816 g/mol. The van der Waals surface area contributed by atoms with Crippen molar-refractivity contribution in [2.24, 2.45) is 0 Å². The first-order valence-electron chi connectivity index (χ1n) is 17.7. The highest BCUT2D eigenvalue weighted by Gasteiger charge is 2.21. The summed E-state index contributed by atoms with van der Waals surface area (Å²) in [5, 5.41) is 30.7. The van der Waals surface area contributed by atoms with Crippen LogP contribution in [-0.4, -0.2) is 85.7 Å². The summed E-state index contributed by atoms with van der Waals surface area (Å²) in [5.41, 5.74) is 6.94. The summed E-state index contributed by atoms with van der Waals surface area (Å²) in [6, 6.07) is 34.1. The molecule has 300 valence electrons. The van der Waals surface area contributed by atoms with Crippen molar-refractivity contribution in [1.29, 1.82) is 0 Å². The maximum Gasteiger partial charge on any atom is 0.246 e. The normalized spacial score (nSPS) is 11.7. The number of aromatic nitrogens is 4. The third kappa shape index (κ3) is 11.2. The topological polar surface area (TPSA) is 167 Å². The Balaban J connectivity index is 0.000000248. The van der Waals surface area contributed by atoms with Crippen LogP contribution >= 0.6 is 23.2 Å². The Morgan fingerprint density at radius 2 is 0.930 bits per heavy atom. The van der Waals surface area contributed by atoms with Gasteiger partial charge in [0.15, 0.2) is 0 Å². The molecule has 2 heterocycles. The average molecular weight is 818 g/mol. The van der Waals surface area contributed by atoms with Crippen molar-refractivity contribution in [3.05, 3.63) is 131 Å². The molecule has 0 saturated heterocycles. The minimum absolute atomic E-state index is 0. The molecule has 6 rings (SSSR count). The zero-order valence-electron chi connectivity index (χ0n) is 32.4. The Kier molecular flexibility index (Phi) is 15.4. The molecule has 0 saturated carbocycles. The predicted octanol–water partition coefficient (Wildman–Crippen LogP) is 8.26. The Hall–Kier alpha value is -5.70. The van der Waals surface area contributed by atoms with Crippen molar-refractivity contribution in [3.63, 3.8) is 0 Å². The van der Waals surface area contributed by atoms with Crippen LogP contribution in [0, 0.1) is 0 Å². The van der Waals surface area contributed by atoms with Crippen molar-refractivity contribution in [3.8, 4) is 45.4 Å². The van der Waals surface area contributed by atoms with E-state index >= 15 is 0 Å². The number of hydroxylamine groups is 4. The average Bonchev–Trinajstić information content (AvgIpc) is 3.85. The van der Waals surface area contributed by atoms with Crippen LogP contribution in [0.15, 0.2) is 109 Å². The maximum atomic E-state index is 11.9. The molecule has 2 aromatic heterocycles. The molecule has 15 heteroatoms. The number of carbonyl (C=O) groups is 2. The van der Waals surface area contributed by atoms with E-state index in [1.165, 1.54) is 14.1 Å². The fourth-order valence-electron chi connectivity index (χ4n) is 5.77.